The third-order valence-electron chi connectivity index (χ3n) is 10.7. The summed E-state index contributed by atoms with van der Waals surface area (Å²) < 4.78 is 8.62. The summed E-state index contributed by atoms with van der Waals surface area (Å²) in [7, 11) is 0. The van der Waals surface area contributed by atoms with Gasteiger partial charge >= 0.3 is 0 Å². The molecule has 0 atom stereocenters. The van der Waals surface area contributed by atoms with E-state index in [4.69, 9.17) is 19.4 Å². The highest BCUT2D eigenvalue weighted by atomic mass is 16.3. The average Bonchev–Trinajstić information content (AvgIpc) is 3.83. The monoisotopic (exact) mass is 716 g/mol. The largest absolute Gasteiger partial charge is 0.456 e. The first-order valence-corrected chi connectivity index (χ1v) is 18.8. The van der Waals surface area contributed by atoms with Gasteiger partial charge in [-0.3, -0.25) is 0 Å². The minimum atomic E-state index is 0.618. The fourth-order valence-corrected chi connectivity index (χ4v) is 8.01. The van der Waals surface area contributed by atoms with Crippen LogP contribution in [0.3, 0.4) is 0 Å². The van der Waals surface area contributed by atoms with E-state index in [-0.39, 0.29) is 0 Å². The van der Waals surface area contributed by atoms with Gasteiger partial charge in [0.25, 0.3) is 0 Å². The van der Waals surface area contributed by atoms with Crippen LogP contribution in [-0.4, -0.2) is 19.5 Å². The summed E-state index contributed by atoms with van der Waals surface area (Å²) in [4.78, 5) is 15.2. The number of benzene rings is 8. The third-order valence-corrected chi connectivity index (χ3v) is 10.7. The van der Waals surface area contributed by atoms with E-state index in [2.05, 4.69) is 144 Å². The minimum absolute atomic E-state index is 0.618. The molecule has 0 unspecified atom stereocenters. The van der Waals surface area contributed by atoms with Crippen LogP contribution in [0.4, 0.5) is 0 Å². The Morgan fingerprint density at radius 1 is 0.339 bits per heavy atom. The second kappa shape index (κ2) is 13.0. The smallest absolute Gasteiger partial charge is 0.164 e. The number of nitrogens with zero attached hydrogens (tertiary/aromatic N) is 4. The van der Waals surface area contributed by atoms with E-state index >= 15 is 0 Å². The molecule has 0 fully saturated rings. The second-order valence-corrected chi connectivity index (χ2v) is 14.0. The minimum Gasteiger partial charge on any atom is -0.456 e. The van der Waals surface area contributed by atoms with Gasteiger partial charge in [0.15, 0.2) is 17.5 Å². The van der Waals surface area contributed by atoms with Crippen LogP contribution in [-0.2, 0) is 0 Å². The zero-order chi connectivity index (χ0) is 37.0. The summed E-state index contributed by atoms with van der Waals surface area (Å²) >= 11 is 0. The Labute approximate surface area is 322 Å². The van der Waals surface area contributed by atoms with Gasteiger partial charge in [0, 0.05) is 43.9 Å². The molecule has 0 aliphatic rings. The molecule has 3 aromatic heterocycles. The summed E-state index contributed by atoms with van der Waals surface area (Å²) in [5, 5.41) is 4.58. The van der Waals surface area contributed by atoms with Crippen LogP contribution in [0, 0.1) is 0 Å². The van der Waals surface area contributed by atoms with Crippen molar-refractivity contribution >= 4 is 43.7 Å². The van der Waals surface area contributed by atoms with Gasteiger partial charge < -0.3 is 8.98 Å². The molecule has 0 aliphatic heterocycles. The Kier molecular flexibility index (Phi) is 7.42. The molecule has 0 saturated carbocycles. The first-order chi connectivity index (χ1) is 27.7. The lowest BCUT2D eigenvalue weighted by Crippen LogP contribution is -2.00. The number of aromatic nitrogens is 4. The molecule has 11 aromatic rings. The van der Waals surface area contributed by atoms with Crippen LogP contribution in [0.5, 0.6) is 0 Å². The fraction of sp³-hybridized carbons (Fsp3) is 0. The van der Waals surface area contributed by atoms with Gasteiger partial charge in [-0.05, 0) is 58.7 Å². The lowest BCUT2D eigenvalue weighted by atomic mass is 9.99. The number of hydrogen-bond acceptors (Lipinski definition) is 4. The summed E-state index contributed by atoms with van der Waals surface area (Å²) in [6, 6.07) is 67.5. The third kappa shape index (κ3) is 5.37. The number of rotatable bonds is 6. The molecule has 11 rings (SSSR count). The van der Waals surface area contributed by atoms with Crippen molar-refractivity contribution in [2.75, 3.05) is 0 Å². The van der Waals surface area contributed by atoms with Crippen molar-refractivity contribution in [1.82, 2.24) is 19.5 Å². The predicted molar refractivity (Wildman–Crippen MR) is 229 cm³/mol. The Hall–Kier alpha value is -7.63. The Morgan fingerprint density at radius 2 is 0.875 bits per heavy atom. The first kappa shape index (κ1) is 31.9. The molecule has 8 aromatic carbocycles. The van der Waals surface area contributed by atoms with Gasteiger partial charge in [-0.2, -0.15) is 0 Å². The van der Waals surface area contributed by atoms with Crippen molar-refractivity contribution in [3.05, 3.63) is 194 Å². The maximum atomic E-state index is 6.26. The molecule has 3 heterocycles. The Balaban J connectivity index is 1.08. The molecule has 5 nitrogen and oxygen atoms in total. The van der Waals surface area contributed by atoms with Gasteiger partial charge in [0.1, 0.15) is 11.2 Å². The van der Waals surface area contributed by atoms with Crippen LogP contribution in [0.2, 0.25) is 0 Å². The van der Waals surface area contributed by atoms with Crippen molar-refractivity contribution < 1.29 is 4.42 Å². The summed E-state index contributed by atoms with van der Waals surface area (Å²) in [6.45, 7) is 0. The number of furan rings is 1. The lowest BCUT2D eigenvalue weighted by Gasteiger charge is -2.12. The quantitative estimate of drug-likeness (QED) is 0.172. The fourth-order valence-electron chi connectivity index (χ4n) is 8.01. The molecule has 0 radical (unpaired) electrons. The topological polar surface area (TPSA) is 56.7 Å². The van der Waals surface area contributed by atoms with Gasteiger partial charge in [-0.25, -0.2) is 15.0 Å². The zero-order valence-electron chi connectivity index (χ0n) is 30.2. The van der Waals surface area contributed by atoms with Crippen LogP contribution in [0.25, 0.3) is 106 Å². The van der Waals surface area contributed by atoms with Crippen molar-refractivity contribution in [3.8, 4) is 62.1 Å². The van der Waals surface area contributed by atoms with Crippen LogP contribution in [0.15, 0.2) is 199 Å². The van der Waals surface area contributed by atoms with E-state index in [0.29, 0.717) is 17.5 Å². The van der Waals surface area contributed by atoms with E-state index < -0.39 is 0 Å². The van der Waals surface area contributed by atoms with Gasteiger partial charge in [0.2, 0.25) is 0 Å². The molecule has 0 saturated heterocycles. The number of hydrogen-bond donors (Lipinski definition) is 0. The van der Waals surface area contributed by atoms with Crippen molar-refractivity contribution in [2.45, 2.75) is 0 Å². The van der Waals surface area contributed by atoms with Crippen molar-refractivity contribution in [3.63, 3.8) is 0 Å². The average molecular weight is 717 g/mol. The van der Waals surface area contributed by atoms with Gasteiger partial charge in [-0.1, -0.05) is 158 Å². The maximum Gasteiger partial charge on any atom is 0.164 e. The molecule has 0 spiro atoms. The Bertz CT molecular complexity index is 3240. The SMILES string of the molecule is c1ccc(-c2ccc(-c3nc(-c4ccccc4)nc(-c4ccc5c6ccccc6n(-c6cccc(-c7cccc8oc9ccccc9c78)c6)c5c4)n3)cc2)cc1. The summed E-state index contributed by atoms with van der Waals surface area (Å²) in [6.07, 6.45) is 0. The molecular formula is C51H32N4O. The Morgan fingerprint density at radius 3 is 1.66 bits per heavy atom. The maximum absolute atomic E-state index is 6.26. The molecule has 0 aliphatic carbocycles. The first-order valence-electron chi connectivity index (χ1n) is 18.8. The zero-order valence-corrected chi connectivity index (χ0v) is 30.2. The molecule has 5 heteroatoms. The molecular weight excluding hydrogens is 685 g/mol. The molecule has 0 N–H and O–H groups in total. The van der Waals surface area contributed by atoms with Crippen LogP contribution < -0.4 is 0 Å². The van der Waals surface area contributed by atoms with Gasteiger partial charge in [0.05, 0.1) is 11.0 Å². The molecule has 262 valence electrons. The number of fused-ring (bicyclic) bond motifs is 6. The molecule has 0 amide bonds. The van der Waals surface area contributed by atoms with E-state index in [9.17, 15) is 0 Å². The van der Waals surface area contributed by atoms with Crippen molar-refractivity contribution in [1.29, 1.82) is 0 Å². The number of para-hydroxylation sites is 2. The highest BCUT2D eigenvalue weighted by Gasteiger charge is 2.18. The van der Waals surface area contributed by atoms with Crippen LogP contribution >= 0.6 is 0 Å². The van der Waals surface area contributed by atoms with E-state index in [0.717, 1.165) is 77.4 Å². The van der Waals surface area contributed by atoms with E-state index in [1.807, 2.05) is 54.6 Å². The predicted octanol–water partition coefficient (Wildman–Crippen LogP) is 13.2. The highest BCUT2D eigenvalue weighted by molar-refractivity contribution is 6.13. The molecule has 56 heavy (non-hydrogen) atoms. The molecule has 0 bridgehead atoms. The van der Waals surface area contributed by atoms with Crippen LogP contribution in [0.1, 0.15) is 0 Å². The van der Waals surface area contributed by atoms with Gasteiger partial charge in [-0.15, -0.1) is 0 Å². The van der Waals surface area contributed by atoms with E-state index in [1.54, 1.807) is 0 Å². The van der Waals surface area contributed by atoms with E-state index in [1.165, 1.54) is 10.9 Å². The summed E-state index contributed by atoms with van der Waals surface area (Å²) in [5.41, 5.74) is 12.4. The normalized spacial score (nSPS) is 11.6. The summed E-state index contributed by atoms with van der Waals surface area (Å²) in [5.74, 6) is 1.88. The lowest BCUT2D eigenvalue weighted by molar-refractivity contribution is 0.669. The van der Waals surface area contributed by atoms with Crippen molar-refractivity contribution in [2.24, 2.45) is 0 Å². The standard InChI is InChI=1S/C51H32N4O/c1-3-13-33(14-4-1)34-25-27-36(28-26-34)50-52-49(35-15-5-2-6-16-35)53-51(54-50)38-29-30-42-41-19-7-9-22-44(41)55(45(42)32-38)39-18-11-17-37(31-39)40-21-12-24-47-48(40)43-20-8-10-23-46(43)56-47/h1-32H. The highest BCUT2D eigenvalue weighted by Crippen LogP contribution is 2.39. The second-order valence-electron chi connectivity index (χ2n) is 14.0.